The van der Waals surface area contributed by atoms with Gasteiger partial charge in [-0.25, -0.2) is 13.2 Å². The maximum absolute atomic E-state index is 13.3. The molecule has 4 heteroatoms. The van der Waals surface area contributed by atoms with Crippen LogP contribution in [0.1, 0.15) is 26.7 Å². The van der Waals surface area contributed by atoms with Gasteiger partial charge < -0.3 is 5.32 Å². The zero-order chi connectivity index (χ0) is 11.9. The molecule has 1 saturated carbocycles. The SMILES string of the molecule is CC(Nc1cc(F)cc(F)c1F)C1(C)CC1. The molecule has 1 N–H and O–H groups in total. The van der Waals surface area contributed by atoms with Gasteiger partial charge in [0.2, 0.25) is 0 Å². The highest BCUT2D eigenvalue weighted by molar-refractivity contribution is 5.46. The van der Waals surface area contributed by atoms with Crippen molar-refractivity contribution in [2.24, 2.45) is 5.41 Å². The molecule has 0 bridgehead atoms. The second-order valence-corrected chi connectivity index (χ2v) is 4.77. The summed E-state index contributed by atoms with van der Waals surface area (Å²) < 4.78 is 39.2. The highest BCUT2D eigenvalue weighted by atomic mass is 19.2. The van der Waals surface area contributed by atoms with Crippen LogP contribution in [-0.4, -0.2) is 6.04 Å². The van der Waals surface area contributed by atoms with Crippen LogP contribution in [0, 0.1) is 22.9 Å². The van der Waals surface area contributed by atoms with E-state index >= 15 is 0 Å². The lowest BCUT2D eigenvalue weighted by Crippen LogP contribution is -2.25. The second-order valence-electron chi connectivity index (χ2n) is 4.77. The van der Waals surface area contributed by atoms with Crippen LogP contribution in [0.5, 0.6) is 0 Å². The molecule has 1 aliphatic rings. The first-order valence-corrected chi connectivity index (χ1v) is 5.33. The first-order chi connectivity index (χ1) is 7.42. The highest BCUT2D eigenvalue weighted by Crippen LogP contribution is 2.48. The summed E-state index contributed by atoms with van der Waals surface area (Å²) in [7, 11) is 0. The van der Waals surface area contributed by atoms with Crippen molar-refractivity contribution in [3.8, 4) is 0 Å². The smallest absolute Gasteiger partial charge is 0.182 e. The van der Waals surface area contributed by atoms with Gasteiger partial charge in [0.25, 0.3) is 0 Å². The predicted molar refractivity (Wildman–Crippen MR) is 56.7 cm³/mol. The van der Waals surface area contributed by atoms with Crippen LogP contribution in [-0.2, 0) is 0 Å². The molecule has 88 valence electrons. The molecule has 1 aromatic rings. The quantitative estimate of drug-likeness (QED) is 0.779. The van der Waals surface area contributed by atoms with Gasteiger partial charge in [-0.05, 0) is 25.2 Å². The molecular formula is C12H14F3N. The monoisotopic (exact) mass is 229 g/mol. The van der Waals surface area contributed by atoms with E-state index in [9.17, 15) is 13.2 Å². The molecule has 0 aromatic heterocycles. The minimum Gasteiger partial charge on any atom is -0.380 e. The van der Waals surface area contributed by atoms with Crippen LogP contribution in [0.4, 0.5) is 18.9 Å². The van der Waals surface area contributed by atoms with Crippen molar-refractivity contribution in [3.05, 3.63) is 29.6 Å². The van der Waals surface area contributed by atoms with Gasteiger partial charge >= 0.3 is 0 Å². The van der Waals surface area contributed by atoms with Gasteiger partial charge in [0.1, 0.15) is 5.82 Å². The molecule has 16 heavy (non-hydrogen) atoms. The molecular weight excluding hydrogens is 215 g/mol. The molecule has 0 spiro atoms. The largest absolute Gasteiger partial charge is 0.380 e. The first-order valence-electron chi connectivity index (χ1n) is 5.33. The lowest BCUT2D eigenvalue weighted by atomic mass is 10.0. The molecule has 0 amide bonds. The topological polar surface area (TPSA) is 12.0 Å². The molecule has 1 aliphatic carbocycles. The first kappa shape index (κ1) is 11.3. The van der Waals surface area contributed by atoms with Crippen molar-refractivity contribution in [3.63, 3.8) is 0 Å². The van der Waals surface area contributed by atoms with Crippen molar-refractivity contribution in [1.82, 2.24) is 0 Å². The number of anilines is 1. The minimum absolute atomic E-state index is 0.00296. The fourth-order valence-corrected chi connectivity index (χ4v) is 1.70. The van der Waals surface area contributed by atoms with Gasteiger partial charge in [0.15, 0.2) is 11.6 Å². The minimum atomic E-state index is -1.16. The fraction of sp³-hybridized carbons (Fsp3) is 0.500. The number of hydrogen-bond donors (Lipinski definition) is 1. The van der Waals surface area contributed by atoms with Crippen molar-refractivity contribution >= 4 is 5.69 Å². The standard InChI is InChI=1S/C12H14F3N/c1-7(12(2)3-4-12)16-10-6-8(13)5-9(14)11(10)15/h5-7,16H,3-4H2,1-2H3. The Morgan fingerprint density at radius 1 is 1.25 bits per heavy atom. The van der Waals surface area contributed by atoms with Crippen molar-refractivity contribution < 1.29 is 13.2 Å². The average Bonchev–Trinajstić information content (AvgIpc) is 2.93. The molecule has 0 heterocycles. The highest BCUT2D eigenvalue weighted by Gasteiger charge is 2.42. The summed E-state index contributed by atoms with van der Waals surface area (Å²) in [5.41, 5.74) is 0.0213. The normalized spacial score (nSPS) is 19.3. The summed E-state index contributed by atoms with van der Waals surface area (Å²) in [5.74, 6) is -2.94. The number of nitrogens with one attached hydrogen (secondary N) is 1. The zero-order valence-corrected chi connectivity index (χ0v) is 9.28. The molecule has 1 fully saturated rings. The van der Waals surface area contributed by atoms with Gasteiger partial charge in [0.05, 0.1) is 5.69 Å². The fourth-order valence-electron chi connectivity index (χ4n) is 1.70. The Hall–Kier alpha value is -1.19. The Morgan fingerprint density at radius 2 is 1.88 bits per heavy atom. The van der Waals surface area contributed by atoms with E-state index in [-0.39, 0.29) is 17.1 Å². The average molecular weight is 229 g/mol. The molecule has 0 aliphatic heterocycles. The van der Waals surface area contributed by atoms with E-state index in [1.165, 1.54) is 0 Å². The Kier molecular flexibility index (Phi) is 2.60. The number of halogens is 3. The summed E-state index contributed by atoms with van der Waals surface area (Å²) in [4.78, 5) is 0. The number of benzene rings is 1. The maximum Gasteiger partial charge on any atom is 0.182 e. The Labute approximate surface area is 92.7 Å². The molecule has 0 radical (unpaired) electrons. The van der Waals surface area contributed by atoms with Gasteiger partial charge in [-0.1, -0.05) is 6.92 Å². The summed E-state index contributed by atoms with van der Waals surface area (Å²) in [6, 6.07) is 1.54. The molecule has 1 nitrogen and oxygen atoms in total. The van der Waals surface area contributed by atoms with E-state index < -0.39 is 17.5 Å². The van der Waals surface area contributed by atoms with Crippen LogP contribution in [0.15, 0.2) is 12.1 Å². The lowest BCUT2D eigenvalue weighted by molar-refractivity contribution is 0.475. The van der Waals surface area contributed by atoms with Crippen molar-refractivity contribution in [1.29, 1.82) is 0 Å². The molecule has 1 atom stereocenters. The third-order valence-electron chi connectivity index (χ3n) is 3.45. The van der Waals surface area contributed by atoms with Gasteiger partial charge in [-0.15, -0.1) is 0 Å². The van der Waals surface area contributed by atoms with E-state index in [1.807, 2.05) is 6.92 Å². The van der Waals surface area contributed by atoms with E-state index in [0.717, 1.165) is 18.9 Å². The zero-order valence-electron chi connectivity index (χ0n) is 9.28. The third kappa shape index (κ3) is 2.01. The van der Waals surface area contributed by atoms with Gasteiger partial charge in [-0.3, -0.25) is 0 Å². The second kappa shape index (κ2) is 3.68. The summed E-state index contributed by atoms with van der Waals surface area (Å²) >= 11 is 0. The van der Waals surface area contributed by atoms with Crippen molar-refractivity contribution in [2.45, 2.75) is 32.7 Å². The van der Waals surface area contributed by atoms with E-state index in [4.69, 9.17) is 0 Å². The van der Waals surface area contributed by atoms with E-state index in [0.29, 0.717) is 6.07 Å². The predicted octanol–water partition coefficient (Wildman–Crippen LogP) is 3.70. The molecule has 1 unspecified atom stereocenters. The molecule has 2 rings (SSSR count). The van der Waals surface area contributed by atoms with Crippen molar-refractivity contribution in [2.75, 3.05) is 5.32 Å². The Bertz CT molecular complexity index is 413. The van der Waals surface area contributed by atoms with E-state index in [1.54, 1.807) is 0 Å². The summed E-state index contributed by atoms with van der Waals surface area (Å²) in [5, 5.41) is 2.84. The van der Waals surface area contributed by atoms with Crippen LogP contribution >= 0.6 is 0 Å². The van der Waals surface area contributed by atoms with Crippen LogP contribution in [0.3, 0.4) is 0 Å². The molecule has 1 aromatic carbocycles. The van der Waals surface area contributed by atoms with Gasteiger partial charge in [0, 0.05) is 18.2 Å². The van der Waals surface area contributed by atoms with Gasteiger partial charge in [-0.2, -0.15) is 0 Å². The Balaban J connectivity index is 2.20. The van der Waals surface area contributed by atoms with Crippen LogP contribution < -0.4 is 5.32 Å². The summed E-state index contributed by atoms with van der Waals surface area (Å²) in [6.45, 7) is 3.97. The van der Waals surface area contributed by atoms with Crippen LogP contribution in [0.25, 0.3) is 0 Å². The Morgan fingerprint density at radius 3 is 2.44 bits per heavy atom. The third-order valence-corrected chi connectivity index (χ3v) is 3.45. The van der Waals surface area contributed by atoms with E-state index in [2.05, 4.69) is 12.2 Å². The number of rotatable bonds is 3. The molecule has 0 saturated heterocycles. The maximum atomic E-state index is 13.3. The number of hydrogen-bond acceptors (Lipinski definition) is 1. The lowest BCUT2D eigenvalue weighted by Gasteiger charge is -2.22. The van der Waals surface area contributed by atoms with Crippen LogP contribution in [0.2, 0.25) is 0 Å². The summed E-state index contributed by atoms with van der Waals surface area (Å²) in [6.07, 6.45) is 2.11.